The van der Waals surface area contributed by atoms with Crippen molar-refractivity contribution in [2.24, 2.45) is 0 Å². The number of rotatable bonds is 1. The number of hydrogen-bond acceptors (Lipinski definition) is 4. The topological polar surface area (TPSA) is 99.8 Å². The van der Waals surface area contributed by atoms with Crippen LogP contribution >= 0.6 is 0 Å². The zero-order valence-corrected chi connectivity index (χ0v) is 12.3. The molecular formula is C17H11N5O2. The number of nitrogens with zero attached hydrogens (tertiary/aromatic N) is 2. The molecule has 0 bridgehead atoms. The molecule has 0 saturated carbocycles. The monoisotopic (exact) mass is 317 g/mol. The van der Waals surface area contributed by atoms with Gasteiger partial charge in [-0.15, -0.1) is 0 Å². The number of nitrogens with one attached hydrogen (secondary N) is 3. The lowest BCUT2D eigenvalue weighted by molar-refractivity contribution is -0.119. The SMILES string of the molecule is O=C1NC(=O)[C@H](C#Cc2ccc3c(-c4ccncc4)n[nH]c3c2)N1. The molecule has 2 aromatic heterocycles. The third-order valence-electron chi connectivity index (χ3n) is 3.65. The molecule has 3 aromatic rings. The van der Waals surface area contributed by atoms with E-state index in [0.717, 1.165) is 27.7 Å². The van der Waals surface area contributed by atoms with E-state index in [4.69, 9.17) is 0 Å². The molecule has 3 heterocycles. The fraction of sp³-hybridized carbons (Fsp3) is 0.0588. The lowest BCUT2D eigenvalue weighted by atomic mass is 10.1. The van der Waals surface area contributed by atoms with Crippen molar-refractivity contribution < 1.29 is 9.59 Å². The molecule has 1 aliphatic rings. The molecule has 4 rings (SSSR count). The second-order valence-electron chi connectivity index (χ2n) is 5.23. The Morgan fingerprint density at radius 3 is 2.67 bits per heavy atom. The van der Waals surface area contributed by atoms with Gasteiger partial charge in [0.15, 0.2) is 6.04 Å². The second-order valence-corrected chi connectivity index (χ2v) is 5.23. The summed E-state index contributed by atoms with van der Waals surface area (Å²) in [4.78, 5) is 26.5. The van der Waals surface area contributed by atoms with Crippen LogP contribution in [0.4, 0.5) is 4.79 Å². The van der Waals surface area contributed by atoms with Crippen molar-refractivity contribution in [2.75, 3.05) is 0 Å². The number of carbonyl (C=O) groups is 2. The van der Waals surface area contributed by atoms with Gasteiger partial charge in [-0.3, -0.25) is 20.2 Å². The number of amides is 3. The Balaban J connectivity index is 1.66. The van der Waals surface area contributed by atoms with Crippen LogP contribution in [-0.2, 0) is 4.79 Å². The van der Waals surface area contributed by atoms with Gasteiger partial charge in [-0.05, 0) is 30.3 Å². The van der Waals surface area contributed by atoms with Gasteiger partial charge < -0.3 is 5.32 Å². The summed E-state index contributed by atoms with van der Waals surface area (Å²) in [6.07, 6.45) is 3.44. The van der Waals surface area contributed by atoms with Gasteiger partial charge in [0.25, 0.3) is 5.91 Å². The highest BCUT2D eigenvalue weighted by Crippen LogP contribution is 2.26. The number of H-pyrrole nitrogens is 1. The minimum atomic E-state index is -0.817. The second kappa shape index (κ2) is 5.52. The standard InChI is InChI=1S/C17H11N5O2/c23-16-13(19-17(24)20-16)4-2-10-1-3-12-14(9-10)21-22-15(12)11-5-7-18-8-6-11/h1,3,5-9,13H,(H,21,22)(H2,19,20,23,24)/t13-/m0/s1. The number of fused-ring (bicyclic) bond motifs is 1. The quantitative estimate of drug-likeness (QED) is 0.463. The molecule has 1 atom stereocenters. The van der Waals surface area contributed by atoms with Crippen LogP contribution in [0.15, 0.2) is 42.7 Å². The maximum atomic E-state index is 11.5. The first kappa shape index (κ1) is 14.0. The predicted molar refractivity (Wildman–Crippen MR) is 86.7 cm³/mol. The number of benzene rings is 1. The summed E-state index contributed by atoms with van der Waals surface area (Å²) in [5.74, 6) is 5.20. The highest BCUT2D eigenvalue weighted by Gasteiger charge is 2.27. The summed E-state index contributed by atoms with van der Waals surface area (Å²) in [5, 5.41) is 12.9. The number of aromatic nitrogens is 3. The van der Waals surface area contributed by atoms with Gasteiger partial charge in [-0.1, -0.05) is 11.8 Å². The van der Waals surface area contributed by atoms with Crippen LogP contribution in [-0.4, -0.2) is 33.2 Å². The Morgan fingerprint density at radius 2 is 1.92 bits per heavy atom. The van der Waals surface area contributed by atoms with Gasteiger partial charge in [-0.2, -0.15) is 5.10 Å². The number of imide groups is 1. The number of aromatic amines is 1. The minimum absolute atomic E-state index is 0.435. The molecule has 0 aliphatic carbocycles. The van der Waals surface area contributed by atoms with Gasteiger partial charge in [-0.25, -0.2) is 4.79 Å². The first-order chi connectivity index (χ1) is 11.7. The summed E-state index contributed by atoms with van der Waals surface area (Å²) in [6, 6.07) is 8.08. The molecule has 7 heteroatoms. The average molecular weight is 317 g/mol. The lowest BCUT2D eigenvalue weighted by Crippen LogP contribution is -2.26. The molecule has 1 fully saturated rings. The smallest absolute Gasteiger partial charge is 0.316 e. The van der Waals surface area contributed by atoms with Crippen LogP contribution in [0.3, 0.4) is 0 Å². The fourth-order valence-electron chi connectivity index (χ4n) is 2.50. The van der Waals surface area contributed by atoms with E-state index in [-0.39, 0.29) is 0 Å². The molecule has 116 valence electrons. The Kier molecular flexibility index (Phi) is 3.21. The molecule has 3 N–H and O–H groups in total. The largest absolute Gasteiger partial charge is 0.322 e. The zero-order valence-electron chi connectivity index (χ0n) is 12.3. The normalized spacial score (nSPS) is 16.4. The van der Waals surface area contributed by atoms with Crippen LogP contribution < -0.4 is 10.6 Å². The Bertz CT molecular complexity index is 1010. The van der Waals surface area contributed by atoms with Crippen molar-refractivity contribution in [2.45, 2.75) is 6.04 Å². The molecule has 3 amide bonds. The van der Waals surface area contributed by atoms with Crippen LogP contribution in [0.25, 0.3) is 22.2 Å². The van der Waals surface area contributed by atoms with E-state index in [0.29, 0.717) is 0 Å². The van der Waals surface area contributed by atoms with Crippen LogP contribution in [0.1, 0.15) is 5.56 Å². The number of hydrogen-bond donors (Lipinski definition) is 3. The van der Waals surface area contributed by atoms with Gasteiger partial charge in [0.05, 0.1) is 5.52 Å². The average Bonchev–Trinajstić information content (AvgIpc) is 3.16. The molecule has 1 aliphatic heterocycles. The van der Waals surface area contributed by atoms with Crippen LogP contribution in [0.5, 0.6) is 0 Å². The Morgan fingerprint density at radius 1 is 1.08 bits per heavy atom. The van der Waals surface area contributed by atoms with Crippen molar-refractivity contribution >= 4 is 22.8 Å². The molecule has 7 nitrogen and oxygen atoms in total. The lowest BCUT2D eigenvalue weighted by Gasteiger charge is -1.98. The first-order valence-corrected chi connectivity index (χ1v) is 7.22. The third-order valence-corrected chi connectivity index (χ3v) is 3.65. The molecule has 1 saturated heterocycles. The van der Waals surface area contributed by atoms with Crippen molar-refractivity contribution in [3.05, 3.63) is 48.3 Å². The number of urea groups is 1. The van der Waals surface area contributed by atoms with Gasteiger partial charge in [0.2, 0.25) is 0 Å². The van der Waals surface area contributed by atoms with Gasteiger partial charge >= 0.3 is 6.03 Å². The highest BCUT2D eigenvalue weighted by molar-refractivity contribution is 6.06. The van der Waals surface area contributed by atoms with E-state index in [1.165, 1.54) is 0 Å². The van der Waals surface area contributed by atoms with Crippen molar-refractivity contribution in [1.29, 1.82) is 0 Å². The third kappa shape index (κ3) is 2.46. The highest BCUT2D eigenvalue weighted by atomic mass is 16.2. The molecular weight excluding hydrogens is 306 g/mol. The zero-order chi connectivity index (χ0) is 16.5. The van der Waals surface area contributed by atoms with E-state index in [9.17, 15) is 9.59 Å². The Hall–Kier alpha value is -3.66. The van der Waals surface area contributed by atoms with Crippen LogP contribution in [0, 0.1) is 11.8 Å². The van der Waals surface area contributed by atoms with Gasteiger partial charge in [0.1, 0.15) is 5.69 Å². The molecule has 0 radical (unpaired) electrons. The first-order valence-electron chi connectivity index (χ1n) is 7.22. The summed E-state index contributed by atoms with van der Waals surface area (Å²) in [5.41, 5.74) is 3.38. The van der Waals surface area contributed by atoms with E-state index < -0.39 is 18.0 Å². The summed E-state index contributed by atoms with van der Waals surface area (Å²) in [7, 11) is 0. The van der Waals surface area contributed by atoms with E-state index in [2.05, 4.69) is 37.7 Å². The maximum absolute atomic E-state index is 11.5. The number of carbonyl (C=O) groups excluding carboxylic acids is 2. The van der Waals surface area contributed by atoms with E-state index in [1.807, 2.05) is 30.3 Å². The predicted octanol–water partition coefficient (Wildman–Crippen LogP) is 1.18. The summed E-state index contributed by atoms with van der Waals surface area (Å²) in [6.45, 7) is 0. The van der Waals surface area contributed by atoms with Crippen molar-refractivity contribution in [3.8, 4) is 23.1 Å². The molecule has 0 unspecified atom stereocenters. The maximum Gasteiger partial charge on any atom is 0.322 e. The summed E-state index contributed by atoms with van der Waals surface area (Å²) >= 11 is 0. The molecule has 1 aromatic carbocycles. The van der Waals surface area contributed by atoms with Crippen molar-refractivity contribution in [1.82, 2.24) is 25.8 Å². The van der Waals surface area contributed by atoms with Crippen LogP contribution in [0.2, 0.25) is 0 Å². The fourth-order valence-corrected chi connectivity index (χ4v) is 2.50. The summed E-state index contributed by atoms with van der Waals surface area (Å²) < 4.78 is 0. The van der Waals surface area contributed by atoms with Gasteiger partial charge in [0, 0.05) is 28.9 Å². The number of pyridine rings is 1. The Labute approximate surface area is 136 Å². The van der Waals surface area contributed by atoms with E-state index >= 15 is 0 Å². The molecule has 0 spiro atoms. The minimum Gasteiger partial charge on any atom is -0.316 e. The molecule has 24 heavy (non-hydrogen) atoms. The van der Waals surface area contributed by atoms with Crippen molar-refractivity contribution in [3.63, 3.8) is 0 Å². The van der Waals surface area contributed by atoms with E-state index in [1.54, 1.807) is 12.4 Å².